The summed E-state index contributed by atoms with van der Waals surface area (Å²) in [5.41, 5.74) is 3.93. The van der Waals surface area contributed by atoms with Crippen molar-refractivity contribution in [3.05, 3.63) is 134 Å². The lowest BCUT2D eigenvalue weighted by atomic mass is 9.95. The van der Waals surface area contributed by atoms with Gasteiger partial charge in [0, 0.05) is 21.4 Å². The van der Waals surface area contributed by atoms with Crippen molar-refractivity contribution in [2.45, 2.75) is 36.6 Å². The molecule has 1 N–H and O–H groups in total. The van der Waals surface area contributed by atoms with Crippen molar-refractivity contribution in [3.8, 4) is 11.5 Å². The Morgan fingerprint density at radius 1 is 0.938 bits per heavy atom. The van der Waals surface area contributed by atoms with Crippen LogP contribution in [0.25, 0.3) is 5.76 Å². The first kappa shape index (κ1) is 33.5. The van der Waals surface area contributed by atoms with Gasteiger partial charge < -0.3 is 14.6 Å². The van der Waals surface area contributed by atoms with Crippen LogP contribution in [0.2, 0.25) is 10.0 Å². The fourth-order valence-corrected chi connectivity index (χ4v) is 7.65. The van der Waals surface area contributed by atoms with Crippen LogP contribution < -0.4 is 14.4 Å². The number of Topliss-reactive ketones (excluding diaryl/α,β-unsaturated/α-hetero) is 1. The molecule has 6 rings (SSSR count). The van der Waals surface area contributed by atoms with Crippen LogP contribution in [0.15, 0.2) is 101 Å². The molecule has 1 unspecified atom stereocenters. The van der Waals surface area contributed by atoms with Gasteiger partial charge in [0.05, 0.1) is 18.2 Å². The summed E-state index contributed by atoms with van der Waals surface area (Å²) >= 11 is 14.9. The van der Waals surface area contributed by atoms with E-state index in [1.807, 2.05) is 38.1 Å². The number of benzene rings is 4. The normalized spacial score (nSPS) is 15.6. The molecule has 1 aliphatic heterocycles. The standard InChI is InChI=1S/C36H29Cl2N3O5S2/c1-3-45-27-13-8-23(9-14-27)31-30(32(42)24-10-15-28(16-11-24)46-19-22-6-4-5-21(2)17-22)33(43)34(44)41(31)35-39-40-36(48-35)47-20-25-7-12-26(37)18-29(25)38/h4-18,31,42H,3,19-20H2,1-2H3/b32-30+. The number of rotatable bonds is 11. The van der Waals surface area contributed by atoms with Crippen molar-refractivity contribution in [2.75, 3.05) is 11.5 Å². The summed E-state index contributed by atoms with van der Waals surface area (Å²) in [6.45, 7) is 4.76. The van der Waals surface area contributed by atoms with Crippen molar-refractivity contribution in [2.24, 2.45) is 0 Å². The molecule has 1 atom stereocenters. The van der Waals surface area contributed by atoms with E-state index in [4.69, 9.17) is 32.7 Å². The number of hydrogen-bond acceptors (Lipinski definition) is 9. The van der Waals surface area contributed by atoms with E-state index >= 15 is 0 Å². The molecule has 0 spiro atoms. The Balaban J connectivity index is 1.30. The molecule has 8 nitrogen and oxygen atoms in total. The number of ketones is 1. The third-order valence-electron chi connectivity index (χ3n) is 7.54. The van der Waals surface area contributed by atoms with Crippen LogP contribution in [0.5, 0.6) is 11.5 Å². The number of hydrogen-bond donors (Lipinski definition) is 1. The third-order valence-corrected chi connectivity index (χ3v) is 10.2. The lowest BCUT2D eigenvalue weighted by Crippen LogP contribution is -2.29. The number of carbonyl (C=O) groups is 2. The molecule has 0 aliphatic carbocycles. The van der Waals surface area contributed by atoms with Crippen LogP contribution >= 0.6 is 46.3 Å². The topological polar surface area (TPSA) is 102 Å². The SMILES string of the molecule is CCOc1ccc(C2/C(=C(\O)c3ccc(OCc4cccc(C)c4)cc3)C(=O)C(=O)N2c2nnc(SCc3ccc(Cl)cc3Cl)s2)cc1. The average Bonchev–Trinajstić information content (AvgIpc) is 3.65. The van der Waals surface area contributed by atoms with E-state index < -0.39 is 17.7 Å². The minimum atomic E-state index is -0.963. The fraction of sp³-hybridized carbons (Fsp3) is 0.167. The lowest BCUT2D eigenvalue weighted by Gasteiger charge is -2.22. The summed E-state index contributed by atoms with van der Waals surface area (Å²) in [7, 11) is 0. The summed E-state index contributed by atoms with van der Waals surface area (Å²) in [5.74, 6) is -0.233. The maximum absolute atomic E-state index is 13.7. The second-order valence-corrected chi connectivity index (χ2v) is 13.9. The number of amides is 1. The molecule has 1 fully saturated rings. The quantitative estimate of drug-likeness (QED) is 0.0475. The monoisotopic (exact) mass is 717 g/mol. The first-order chi connectivity index (χ1) is 23.2. The molecule has 1 aromatic heterocycles. The Morgan fingerprint density at radius 2 is 1.67 bits per heavy atom. The molecule has 2 heterocycles. The molecular weight excluding hydrogens is 689 g/mol. The van der Waals surface area contributed by atoms with E-state index in [1.165, 1.54) is 28.0 Å². The Kier molecular flexibility index (Phi) is 10.4. The molecule has 5 aromatic rings. The molecule has 0 radical (unpaired) electrons. The van der Waals surface area contributed by atoms with Crippen LogP contribution in [0.1, 0.15) is 40.8 Å². The minimum Gasteiger partial charge on any atom is -0.507 e. The molecular formula is C36H29Cl2N3O5S2. The zero-order valence-electron chi connectivity index (χ0n) is 25.9. The summed E-state index contributed by atoms with van der Waals surface area (Å²) in [4.78, 5) is 28.6. The number of aliphatic hydroxyl groups is 1. The number of anilines is 1. The van der Waals surface area contributed by atoms with Gasteiger partial charge in [0.1, 0.15) is 23.9 Å². The van der Waals surface area contributed by atoms with Gasteiger partial charge in [-0.15, -0.1) is 10.2 Å². The molecule has 1 amide bonds. The number of carbonyl (C=O) groups excluding carboxylic acids is 2. The number of aromatic nitrogens is 2. The van der Waals surface area contributed by atoms with Gasteiger partial charge in [-0.1, -0.05) is 94.3 Å². The molecule has 48 heavy (non-hydrogen) atoms. The Labute approximate surface area is 295 Å². The van der Waals surface area contributed by atoms with Gasteiger partial charge in [-0.3, -0.25) is 14.5 Å². The van der Waals surface area contributed by atoms with E-state index in [9.17, 15) is 14.7 Å². The van der Waals surface area contributed by atoms with Gasteiger partial charge in [0.15, 0.2) is 4.34 Å². The minimum absolute atomic E-state index is 0.0602. The van der Waals surface area contributed by atoms with E-state index in [0.717, 1.165) is 16.7 Å². The van der Waals surface area contributed by atoms with E-state index in [-0.39, 0.29) is 16.5 Å². The van der Waals surface area contributed by atoms with Crippen LogP contribution in [-0.4, -0.2) is 33.6 Å². The van der Waals surface area contributed by atoms with Gasteiger partial charge in [0.2, 0.25) is 5.13 Å². The Morgan fingerprint density at radius 3 is 2.38 bits per heavy atom. The number of halogens is 2. The van der Waals surface area contributed by atoms with Crippen LogP contribution in [0.3, 0.4) is 0 Å². The fourth-order valence-electron chi connectivity index (χ4n) is 5.23. The summed E-state index contributed by atoms with van der Waals surface area (Å²) < 4.78 is 12.1. The molecule has 1 aliphatic rings. The molecule has 12 heteroatoms. The molecule has 1 saturated heterocycles. The van der Waals surface area contributed by atoms with E-state index in [0.29, 0.717) is 56.0 Å². The number of nitrogens with zero attached hydrogens (tertiary/aromatic N) is 3. The highest BCUT2D eigenvalue weighted by Crippen LogP contribution is 2.44. The summed E-state index contributed by atoms with van der Waals surface area (Å²) in [5, 5.41) is 21.4. The van der Waals surface area contributed by atoms with Crippen LogP contribution in [0.4, 0.5) is 5.13 Å². The molecule has 244 valence electrons. The first-order valence-electron chi connectivity index (χ1n) is 14.9. The zero-order valence-corrected chi connectivity index (χ0v) is 29.0. The highest BCUT2D eigenvalue weighted by Gasteiger charge is 2.48. The van der Waals surface area contributed by atoms with Crippen molar-refractivity contribution >= 4 is 68.9 Å². The number of ether oxygens (including phenoxy) is 2. The number of aryl methyl sites for hydroxylation is 1. The maximum atomic E-state index is 13.7. The Bertz CT molecular complexity index is 2000. The number of thioether (sulfide) groups is 1. The van der Waals surface area contributed by atoms with Gasteiger partial charge in [-0.2, -0.15) is 0 Å². The first-order valence-corrected chi connectivity index (χ1v) is 17.5. The largest absolute Gasteiger partial charge is 0.507 e. The smallest absolute Gasteiger partial charge is 0.301 e. The zero-order chi connectivity index (χ0) is 33.8. The van der Waals surface area contributed by atoms with Gasteiger partial charge in [-0.05, 0) is 79.1 Å². The van der Waals surface area contributed by atoms with Gasteiger partial charge >= 0.3 is 5.91 Å². The van der Waals surface area contributed by atoms with Crippen LogP contribution in [-0.2, 0) is 21.9 Å². The number of aliphatic hydroxyl groups excluding tert-OH is 1. The van der Waals surface area contributed by atoms with Gasteiger partial charge in [-0.25, -0.2) is 0 Å². The lowest BCUT2D eigenvalue weighted by molar-refractivity contribution is -0.132. The van der Waals surface area contributed by atoms with Crippen molar-refractivity contribution in [1.29, 1.82) is 0 Å². The summed E-state index contributed by atoms with van der Waals surface area (Å²) in [6, 6.07) is 26.2. The highest BCUT2D eigenvalue weighted by atomic mass is 35.5. The second kappa shape index (κ2) is 14.8. The predicted octanol–water partition coefficient (Wildman–Crippen LogP) is 9.05. The highest BCUT2D eigenvalue weighted by molar-refractivity contribution is 8.00. The van der Waals surface area contributed by atoms with Crippen LogP contribution in [0, 0.1) is 6.92 Å². The summed E-state index contributed by atoms with van der Waals surface area (Å²) in [6.07, 6.45) is 0. The predicted molar refractivity (Wildman–Crippen MR) is 190 cm³/mol. The third kappa shape index (κ3) is 7.37. The second-order valence-electron chi connectivity index (χ2n) is 10.8. The van der Waals surface area contributed by atoms with Crippen molar-refractivity contribution in [1.82, 2.24) is 10.2 Å². The van der Waals surface area contributed by atoms with Crippen molar-refractivity contribution in [3.63, 3.8) is 0 Å². The maximum Gasteiger partial charge on any atom is 0.301 e. The molecule has 0 saturated carbocycles. The van der Waals surface area contributed by atoms with E-state index in [1.54, 1.807) is 60.7 Å². The molecule has 0 bridgehead atoms. The Hall–Kier alpha value is -4.35. The van der Waals surface area contributed by atoms with E-state index in [2.05, 4.69) is 16.3 Å². The average molecular weight is 719 g/mol. The molecule has 4 aromatic carbocycles. The van der Waals surface area contributed by atoms with Crippen molar-refractivity contribution < 1.29 is 24.2 Å². The van der Waals surface area contributed by atoms with Gasteiger partial charge in [0.25, 0.3) is 5.78 Å².